The molecule has 0 unspecified atom stereocenters. The molecule has 1 fully saturated rings. The van der Waals surface area contributed by atoms with Crippen LogP contribution in [0.2, 0.25) is 0 Å². The van der Waals surface area contributed by atoms with E-state index < -0.39 is 17.3 Å². The van der Waals surface area contributed by atoms with Gasteiger partial charge in [-0.05, 0) is 122 Å². The fraction of sp³-hybridized carbons (Fsp3) is 0.286. The third-order valence-corrected chi connectivity index (χ3v) is 13.8. The molecule has 17 heteroatoms. The number of aromatic nitrogens is 10. The first-order chi connectivity index (χ1) is 31.7. The lowest BCUT2D eigenvalue weighted by Gasteiger charge is -2.34. The van der Waals surface area contributed by atoms with Crippen molar-refractivity contribution in [2.75, 3.05) is 25.5 Å². The fourth-order valence-electron chi connectivity index (χ4n) is 10.4. The molecule has 0 bridgehead atoms. The Bertz CT molecular complexity index is 3580. The quantitative estimate of drug-likeness (QED) is 0.168. The summed E-state index contributed by atoms with van der Waals surface area (Å²) < 4.78 is 28.8. The maximum Gasteiger partial charge on any atom is 0.438 e. The number of hydrogen-bond acceptors (Lipinski definition) is 9. The Kier molecular flexibility index (Phi) is 9.05. The van der Waals surface area contributed by atoms with E-state index in [1.807, 2.05) is 78.8 Å². The molecule has 6 aromatic heterocycles. The molecular formula is C49H47FN12O4. The lowest BCUT2D eigenvalue weighted by Crippen LogP contribution is -2.41. The van der Waals surface area contributed by atoms with E-state index >= 15 is 9.18 Å². The molecule has 0 saturated heterocycles. The number of nitrogens with zero attached hydrogens (tertiary/aromatic N) is 11. The lowest BCUT2D eigenvalue weighted by molar-refractivity contribution is 0.0663. The number of anilines is 1. The molecule has 0 spiro atoms. The van der Waals surface area contributed by atoms with Crippen molar-refractivity contribution in [3.8, 4) is 28.3 Å². The van der Waals surface area contributed by atoms with Crippen LogP contribution in [0.3, 0.4) is 0 Å². The number of H-pyrrole nitrogens is 1. The number of nitrogens with one attached hydrogen (secondary N) is 1. The molecule has 1 N–H and O–H groups in total. The van der Waals surface area contributed by atoms with Gasteiger partial charge < -0.3 is 14.4 Å². The zero-order valence-corrected chi connectivity index (χ0v) is 37.8. The summed E-state index contributed by atoms with van der Waals surface area (Å²) in [6.07, 6.45) is 7.98. The Morgan fingerprint density at radius 2 is 1.67 bits per heavy atom. The minimum atomic E-state index is -0.862. The number of rotatable bonds is 8. The Labute approximate surface area is 377 Å². The molecule has 0 radical (unpaired) electrons. The van der Waals surface area contributed by atoms with Crippen LogP contribution in [0.15, 0.2) is 99.6 Å². The number of imidazole rings is 1. The summed E-state index contributed by atoms with van der Waals surface area (Å²) in [6, 6.07) is 18.7. The largest absolute Gasteiger partial charge is 0.438 e. The summed E-state index contributed by atoms with van der Waals surface area (Å²) in [5, 5.41) is 15.4. The van der Waals surface area contributed by atoms with Crippen molar-refractivity contribution in [3.05, 3.63) is 152 Å². The summed E-state index contributed by atoms with van der Waals surface area (Å²) in [5.74, 6) is 0.433. The topological polar surface area (TPSA) is 163 Å². The summed E-state index contributed by atoms with van der Waals surface area (Å²) in [7, 11) is 5.80. The molecule has 1 amide bonds. The number of carbonyl (C=O) groups is 1. The van der Waals surface area contributed by atoms with Crippen LogP contribution >= 0.6 is 0 Å². The van der Waals surface area contributed by atoms with E-state index in [0.717, 1.165) is 50.0 Å². The van der Waals surface area contributed by atoms with Crippen LogP contribution in [-0.2, 0) is 19.0 Å². The van der Waals surface area contributed by atoms with E-state index in [4.69, 9.17) is 9.62 Å². The first-order valence-electron chi connectivity index (χ1n) is 21.9. The summed E-state index contributed by atoms with van der Waals surface area (Å²) in [6.45, 7) is 9.81. The number of aryl methyl sites for hydroxylation is 3. The smallest absolute Gasteiger partial charge is 0.363 e. The zero-order chi connectivity index (χ0) is 46.1. The molecular weight excluding hydrogens is 840 g/mol. The van der Waals surface area contributed by atoms with E-state index in [0.29, 0.717) is 64.8 Å². The highest BCUT2D eigenvalue weighted by molar-refractivity contribution is 6.01. The second kappa shape index (κ2) is 14.6. The van der Waals surface area contributed by atoms with Crippen molar-refractivity contribution in [1.82, 2.24) is 53.3 Å². The summed E-state index contributed by atoms with van der Waals surface area (Å²) >= 11 is 0. The Balaban J connectivity index is 1.07. The third-order valence-electron chi connectivity index (χ3n) is 13.8. The first-order valence-corrected chi connectivity index (χ1v) is 21.9. The van der Waals surface area contributed by atoms with Gasteiger partial charge >= 0.3 is 11.4 Å². The van der Waals surface area contributed by atoms with Crippen LogP contribution < -0.4 is 16.3 Å². The molecule has 7 heterocycles. The highest BCUT2D eigenvalue weighted by Crippen LogP contribution is 2.56. The molecule has 334 valence electrons. The number of amides is 1. The predicted molar refractivity (Wildman–Crippen MR) is 248 cm³/mol. The molecule has 1 saturated carbocycles. The molecule has 3 aromatic carbocycles. The lowest BCUT2D eigenvalue weighted by atomic mass is 9.98. The molecule has 1 aliphatic heterocycles. The van der Waals surface area contributed by atoms with Gasteiger partial charge in [0, 0.05) is 74.6 Å². The Morgan fingerprint density at radius 1 is 0.924 bits per heavy atom. The van der Waals surface area contributed by atoms with E-state index in [9.17, 15) is 9.59 Å². The number of pyridine rings is 1. The van der Waals surface area contributed by atoms with Crippen LogP contribution in [0, 0.1) is 32.5 Å². The molecule has 3 atom stereocenters. The van der Waals surface area contributed by atoms with Crippen LogP contribution in [0.1, 0.15) is 70.6 Å². The zero-order valence-electron chi connectivity index (χ0n) is 37.8. The number of benzene rings is 3. The number of halogens is 1. The van der Waals surface area contributed by atoms with Crippen molar-refractivity contribution in [2.24, 2.45) is 13.0 Å². The van der Waals surface area contributed by atoms with E-state index in [1.54, 1.807) is 69.3 Å². The third kappa shape index (κ3) is 5.98. The average molecular weight is 887 g/mol. The van der Waals surface area contributed by atoms with Gasteiger partial charge in [-0.15, -0.1) is 0 Å². The van der Waals surface area contributed by atoms with Gasteiger partial charge in [-0.3, -0.25) is 28.1 Å². The normalized spacial score (nSPS) is 18.1. The van der Waals surface area contributed by atoms with Crippen molar-refractivity contribution >= 4 is 33.5 Å². The van der Waals surface area contributed by atoms with Gasteiger partial charge in [0.1, 0.15) is 28.7 Å². The molecule has 11 rings (SSSR count). The van der Waals surface area contributed by atoms with Gasteiger partial charge in [-0.1, -0.05) is 18.1 Å². The predicted octanol–water partition coefficient (Wildman–Crippen LogP) is 7.07. The first kappa shape index (κ1) is 40.9. The van der Waals surface area contributed by atoms with Gasteiger partial charge in [-0.25, -0.2) is 23.6 Å². The van der Waals surface area contributed by atoms with Crippen molar-refractivity contribution in [2.45, 2.75) is 59.0 Å². The standard InChI is InChI=1S/C49H47FN12O4/c1-26-19-35(20-27(2)42(26)50)62-44(60-18-17-59(48(60)65)34-10-12-38-33(22-34)25-52-57(38)8)41-30(5)58(16-14-37(41)54-62)45(63)40-23-32-21-31(36-13-15-51-43(29(36)4)56(6)7)9-11-39(32)61(40)49(24-28(49)3)46-53-47(64)66-55-46/h9-13,15,17-23,25,28,30H,14,16,24H2,1-8H3,(H,53,55,64)/t28-,30-,49-/m0/s1. The minimum Gasteiger partial charge on any atom is -0.363 e. The summed E-state index contributed by atoms with van der Waals surface area (Å²) in [4.78, 5) is 54.0. The minimum absolute atomic E-state index is 0.00205. The molecule has 66 heavy (non-hydrogen) atoms. The Hall–Kier alpha value is -7.82. The second-order valence-electron chi connectivity index (χ2n) is 18.1. The van der Waals surface area contributed by atoms with Crippen LogP contribution in [0.4, 0.5) is 10.2 Å². The van der Waals surface area contributed by atoms with E-state index in [2.05, 4.69) is 46.2 Å². The van der Waals surface area contributed by atoms with E-state index in [-0.39, 0.29) is 23.3 Å². The van der Waals surface area contributed by atoms with Gasteiger partial charge in [0.15, 0.2) is 5.82 Å². The average Bonchev–Trinajstić information content (AvgIpc) is 3.92. The highest BCUT2D eigenvalue weighted by atomic mass is 19.1. The van der Waals surface area contributed by atoms with Gasteiger partial charge in [0.25, 0.3) is 5.91 Å². The molecule has 2 aliphatic rings. The van der Waals surface area contributed by atoms with Crippen LogP contribution in [0.5, 0.6) is 0 Å². The SMILES string of the molecule is Cc1cc(-n2nc3c(c2-n2ccn(-c4ccc5c(cnn5C)c4)c2=O)[C@H](C)N(C(=O)c2cc4cc(-c5ccnc(N(C)C)c5C)ccc4n2[C@@]2(c4noc(=O)[nH]4)C[C@@H]2C)CC3)cc(C)c1F. The number of hydrogen-bond donors (Lipinski definition) is 1. The summed E-state index contributed by atoms with van der Waals surface area (Å²) in [5.41, 5.74) is 7.47. The van der Waals surface area contributed by atoms with Gasteiger partial charge in [0.2, 0.25) is 0 Å². The number of carbonyl (C=O) groups excluding carboxylic acids is 1. The van der Waals surface area contributed by atoms with E-state index in [1.165, 1.54) is 0 Å². The van der Waals surface area contributed by atoms with Gasteiger partial charge in [0.05, 0.1) is 34.8 Å². The van der Waals surface area contributed by atoms with Crippen molar-refractivity contribution in [3.63, 3.8) is 0 Å². The number of fused-ring (bicyclic) bond motifs is 3. The van der Waals surface area contributed by atoms with Crippen molar-refractivity contribution in [1.29, 1.82) is 0 Å². The van der Waals surface area contributed by atoms with Crippen molar-refractivity contribution < 1.29 is 13.7 Å². The highest BCUT2D eigenvalue weighted by Gasteiger charge is 2.59. The Morgan fingerprint density at radius 3 is 2.38 bits per heavy atom. The fourth-order valence-corrected chi connectivity index (χ4v) is 10.4. The number of aromatic amines is 1. The molecule has 1 aliphatic carbocycles. The molecule has 9 aromatic rings. The molecule has 16 nitrogen and oxygen atoms in total. The second-order valence-corrected chi connectivity index (χ2v) is 18.1. The van der Waals surface area contributed by atoms with Crippen LogP contribution in [0.25, 0.3) is 50.1 Å². The maximum absolute atomic E-state index is 15.6. The van der Waals surface area contributed by atoms with Crippen LogP contribution in [-0.4, -0.2) is 79.8 Å². The monoisotopic (exact) mass is 886 g/mol. The van der Waals surface area contributed by atoms with Gasteiger partial charge in [-0.2, -0.15) is 10.2 Å². The maximum atomic E-state index is 15.6.